The molecule has 0 aromatic rings. The normalized spacial score (nSPS) is 37.4. The molecule has 0 unspecified atom stereocenters. The number of ketones is 1. The molecule has 5 heteroatoms. The lowest BCUT2D eigenvalue weighted by Gasteiger charge is -2.50. The Kier molecular flexibility index (Phi) is 3.81. The molecule has 2 amide bonds. The fourth-order valence-electron chi connectivity index (χ4n) is 4.90. The van der Waals surface area contributed by atoms with Crippen molar-refractivity contribution in [3.05, 3.63) is 0 Å². The smallest absolute Gasteiger partial charge is 0.417 e. The van der Waals surface area contributed by atoms with Gasteiger partial charge in [0.25, 0.3) is 0 Å². The topological polar surface area (TPSA) is 63.7 Å². The number of hydrogen-bond donors (Lipinski definition) is 0. The van der Waals surface area contributed by atoms with Crippen molar-refractivity contribution in [3.63, 3.8) is 0 Å². The zero-order valence-corrected chi connectivity index (χ0v) is 14.6. The maximum Gasteiger partial charge on any atom is 0.417 e. The molecule has 2 saturated carbocycles. The molecule has 3 fully saturated rings. The van der Waals surface area contributed by atoms with Crippen molar-refractivity contribution in [2.75, 3.05) is 0 Å². The Labute approximate surface area is 137 Å². The monoisotopic (exact) mass is 321 g/mol. The Morgan fingerprint density at radius 1 is 1.17 bits per heavy atom. The Bertz CT molecular complexity index is 550. The first-order chi connectivity index (χ1) is 10.6. The van der Waals surface area contributed by atoms with Gasteiger partial charge in [-0.25, -0.2) is 9.69 Å². The number of nitrogens with zero attached hydrogens (tertiary/aromatic N) is 1. The second kappa shape index (κ2) is 5.32. The number of likely N-dealkylation sites (tertiary alicyclic amines) is 1. The van der Waals surface area contributed by atoms with E-state index in [1.165, 1.54) is 4.90 Å². The molecule has 5 nitrogen and oxygen atoms in total. The number of rotatable bonds is 0. The van der Waals surface area contributed by atoms with Gasteiger partial charge < -0.3 is 4.74 Å². The summed E-state index contributed by atoms with van der Waals surface area (Å²) in [7, 11) is 0. The number of carbonyl (C=O) groups is 3. The van der Waals surface area contributed by atoms with E-state index in [9.17, 15) is 14.4 Å². The summed E-state index contributed by atoms with van der Waals surface area (Å²) in [5.41, 5.74) is -0.863. The van der Waals surface area contributed by atoms with E-state index in [0.29, 0.717) is 31.0 Å². The first-order valence-corrected chi connectivity index (χ1v) is 8.72. The highest BCUT2D eigenvalue weighted by Gasteiger charge is 2.57. The number of piperidine rings is 1. The summed E-state index contributed by atoms with van der Waals surface area (Å²) in [6.45, 7) is 7.51. The van der Waals surface area contributed by atoms with Gasteiger partial charge in [-0.15, -0.1) is 0 Å². The Balaban J connectivity index is 1.85. The summed E-state index contributed by atoms with van der Waals surface area (Å²) in [5, 5.41) is 0. The maximum atomic E-state index is 12.5. The molecule has 0 bridgehead atoms. The maximum absolute atomic E-state index is 12.5. The van der Waals surface area contributed by atoms with E-state index in [1.807, 2.05) is 20.8 Å². The molecule has 1 saturated heterocycles. The number of fused-ring (bicyclic) bond motifs is 3. The molecule has 23 heavy (non-hydrogen) atoms. The summed E-state index contributed by atoms with van der Waals surface area (Å²) in [5.74, 6) is 0.771. The molecule has 0 radical (unpaired) electrons. The molecule has 0 aromatic heterocycles. The quantitative estimate of drug-likeness (QED) is 0.686. The van der Waals surface area contributed by atoms with E-state index in [4.69, 9.17) is 4.74 Å². The van der Waals surface area contributed by atoms with Gasteiger partial charge in [-0.05, 0) is 58.3 Å². The van der Waals surface area contributed by atoms with E-state index in [1.54, 1.807) is 0 Å². The van der Waals surface area contributed by atoms with Crippen LogP contribution in [0.1, 0.15) is 66.2 Å². The van der Waals surface area contributed by atoms with Crippen molar-refractivity contribution in [1.29, 1.82) is 0 Å². The van der Waals surface area contributed by atoms with Crippen LogP contribution >= 0.6 is 0 Å². The lowest BCUT2D eigenvalue weighted by Crippen LogP contribution is -2.58. The van der Waals surface area contributed by atoms with Crippen LogP contribution in [0, 0.1) is 17.3 Å². The third-order valence-corrected chi connectivity index (χ3v) is 5.99. The summed E-state index contributed by atoms with van der Waals surface area (Å²) >= 11 is 0. The van der Waals surface area contributed by atoms with Gasteiger partial charge in [0.1, 0.15) is 11.4 Å². The molecule has 128 valence electrons. The van der Waals surface area contributed by atoms with Crippen molar-refractivity contribution in [2.24, 2.45) is 17.3 Å². The van der Waals surface area contributed by atoms with E-state index in [2.05, 4.69) is 6.92 Å². The van der Waals surface area contributed by atoms with Gasteiger partial charge in [-0.3, -0.25) is 9.59 Å². The minimum Gasteiger partial charge on any atom is -0.443 e. The van der Waals surface area contributed by atoms with E-state index < -0.39 is 11.7 Å². The standard InChI is InChI=1S/C18H27NO4/c1-17(2,3)23-16(22)19-13-9-10-18(4)12(6-7-14(18)20)11(13)5-8-15(19)21/h11-13H,5-10H2,1-4H3/t11-,12-,13-,18-/m0/s1. The van der Waals surface area contributed by atoms with Crippen LogP contribution in [0.15, 0.2) is 0 Å². The Morgan fingerprint density at radius 2 is 1.87 bits per heavy atom. The average Bonchev–Trinajstić information content (AvgIpc) is 2.73. The van der Waals surface area contributed by atoms with Gasteiger partial charge in [-0.1, -0.05) is 6.92 Å². The van der Waals surface area contributed by atoms with Gasteiger partial charge in [0, 0.05) is 24.3 Å². The van der Waals surface area contributed by atoms with Crippen molar-refractivity contribution < 1.29 is 19.1 Å². The van der Waals surface area contributed by atoms with Crippen LogP contribution in [-0.2, 0) is 14.3 Å². The Morgan fingerprint density at radius 3 is 2.52 bits per heavy atom. The van der Waals surface area contributed by atoms with Crippen molar-refractivity contribution in [3.8, 4) is 0 Å². The number of amides is 2. The van der Waals surface area contributed by atoms with Crippen molar-refractivity contribution in [1.82, 2.24) is 4.90 Å². The van der Waals surface area contributed by atoms with Gasteiger partial charge >= 0.3 is 6.09 Å². The molecular formula is C18H27NO4. The second-order valence-corrected chi connectivity index (χ2v) is 8.54. The van der Waals surface area contributed by atoms with Crippen molar-refractivity contribution in [2.45, 2.75) is 77.9 Å². The first kappa shape index (κ1) is 16.5. The summed E-state index contributed by atoms with van der Waals surface area (Å²) in [6, 6.07) is -0.102. The zero-order chi connectivity index (χ0) is 17.0. The number of ether oxygens (including phenoxy) is 1. The summed E-state index contributed by atoms with van der Waals surface area (Å²) in [4.78, 5) is 38.6. The summed E-state index contributed by atoms with van der Waals surface area (Å²) < 4.78 is 5.45. The van der Waals surface area contributed by atoms with Crippen LogP contribution in [0.3, 0.4) is 0 Å². The largest absolute Gasteiger partial charge is 0.443 e. The van der Waals surface area contributed by atoms with Gasteiger partial charge in [-0.2, -0.15) is 0 Å². The molecule has 3 aliphatic rings. The molecule has 1 heterocycles. The molecule has 0 N–H and O–H groups in total. The van der Waals surface area contributed by atoms with Crippen LogP contribution in [0.25, 0.3) is 0 Å². The highest BCUT2D eigenvalue weighted by molar-refractivity contribution is 5.93. The second-order valence-electron chi connectivity index (χ2n) is 8.54. The molecule has 1 aliphatic heterocycles. The van der Waals surface area contributed by atoms with Crippen LogP contribution < -0.4 is 0 Å². The molecular weight excluding hydrogens is 294 g/mol. The fourth-order valence-corrected chi connectivity index (χ4v) is 4.90. The van der Waals surface area contributed by atoms with Crippen LogP contribution in [0.4, 0.5) is 4.79 Å². The predicted molar refractivity (Wildman–Crippen MR) is 84.7 cm³/mol. The van der Waals surface area contributed by atoms with Gasteiger partial charge in [0.15, 0.2) is 0 Å². The van der Waals surface area contributed by atoms with Crippen LogP contribution in [0.5, 0.6) is 0 Å². The zero-order valence-electron chi connectivity index (χ0n) is 14.6. The van der Waals surface area contributed by atoms with Crippen molar-refractivity contribution >= 4 is 17.8 Å². The van der Waals surface area contributed by atoms with Crippen LogP contribution in [0.2, 0.25) is 0 Å². The minimum atomic E-state index is -0.614. The summed E-state index contributed by atoms with van der Waals surface area (Å²) in [6.07, 6.45) is 3.67. The van der Waals surface area contributed by atoms with Gasteiger partial charge in [0.05, 0.1) is 0 Å². The average molecular weight is 321 g/mol. The number of hydrogen-bond acceptors (Lipinski definition) is 4. The Hall–Kier alpha value is -1.39. The minimum absolute atomic E-state index is 0.102. The van der Waals surface area contributed by atoms with E-state index in [-0.39, 0.29) is 23.3 Å². The number of carbonyl (C=O) groups excluding carboxylic acids is 3. The molecule has 2 aliphatic carbocycles. The molecule has 4 atom stereocenters. The number of imide groups is 1. The lowest BCUT2D eigenvalue weighted by molar-refractivity contribution is -0.144. The predicted octanol–water partition coefficient (Wildman–Crippen LogP) is 3.31. The molecule has 3 rings (SSSR count). The highest BCUT2D eigenvalue weighted by Crippen LogP contribution is 2.55. The third-order valence-electron chi connectivity index (χ3n) is 5.99. The van der Waals surface area contributed by atoms with Crippen LogP contribution in [-0.4, -0.2) is 34.3 Å². The first-order valence-electron chi connectivity index (χ1n) is 8.72. The van der Waals surface area contributed by atoms with E-state index in [0.717, 1.165) is 19.3 Å². The van der Waals surface area contributed by atoms with Gasteiger partial charge in [0.2, 0.25) is 5.91 Å². The third kappa shape index (κ3) is 2.68. The molecule has 0 aromatic carbocycles. The SMILES string of the molecule is CC(C)(C)OC(=O)N1C(=O)CC[C@@H]2[C@@H]1CC[C@]1(C)C(=O)CC[C@@H]21. The lowest BCUT2D eigenvalue weighted by atomic mass is 9.60. The fraction of sp³-hybridized carbons (Fsp3) is 0.833. The van der Waals surface area contributed by atoms with E-state index >= 15 is 0 Å². The number of Topliss-reactive ketones (excluding diaryl/α,β-unsaturated/α-hetero) is 1. The highest BCUT2D eigenvalue weighted by atomic mass is 16.6. The molecule has 0 spiro atoms.